The number of Topliss-reactive ketones (excluding diaryl/α,β-unsaturated/α-hetero) is 2. The van der Waals surface area contributed by atoms with Crippen molar-refractivity contribution in [3.63, 3.8) is 0 Å². The highest BCUT2D eigenvalue weighted by molar-refractivity contribution is 6.39. The number of carbonyl (C=O) groups is 4. The van der Waals surface area contributed by atoms with Gasteiger partial charge in [0.05, 0.1) is 24.4 Å². The van der Waals surface area contributed by atoms with Crippen molar-refractivity contribution in [2.75, 3.05) is 26.9 Å². The van der Waals surface area contributed by atoms with Crippen LogP contribution < -0.4 is 5.64 Å². The number of carbonyl (C=O) groups excluding carboxylic acids is 4. The highest BCUT2D eigenvalue weighted by Gasteiger charge is 2.61. The third kappa shape index (κ3) is 42.9. The Balaban J connectivity index is -0.0000000479. The van der Waals surface area contributed by atoms with Crippen LogP contribution >= 0.6 is 0 Å². The van der Waals surface area contributed by atoms with Crippen LogP contribution in [0.1, 0.15) is 170 Å². The minimum absolute atomic E-state index is 0. The minimum Gasteiger partial charge on any atom is -0.456 e. The summed E-state index contributed by atoms with van der Waals surface area (Å²) in [5, 5.41) is 99.1. The van der Waals surface area contributed by atoms with Crippen molar-refractivity contribution >= 4 is 23.4 Å². The fourth-order valence-electron chi connectivity index (χ4n) is 11.3. The average molecular weight is 1660 g/mol. The smallest absolute Gasteiger partial charge is 0.329 e. The molecule has 10 N–H and O–H groups in total. The van der Waals surface area contributed by atoms with Gasteiger partial charge < -0.3 is 50.1 Å². The predicted octanol–water partition coefficient (Wildman–Crippen LogP) is 10.9. The quantitative estimate of drug-likeness (QED) is 0.0120. The Hall–Kier alpha value is -12.6. The van der Waals surface area contributed by atoms with E-state index in [2.05, 4.69) is 311 Å². The van der Waals surface area contributed by atoms with Gasteiger partial charge in [-0.15, -0.1) is 6.58 Å². The van der Waals surface area contributed by atoms with E-state index in [0.717, 1.165) is 10.5 Å². The van der Waals surface area contributed by atoms with Gasteiger partial charge in [-0.3, -0.25) is 14.4 Å². The normalized spacial score (nSPS) is 22.6. The number of methoxy groups -OCH3 is 1. The molecule has 3 heterocycles. The van der Waals surface area contributed by atoms with Gasteiger partial charge in [0.1, 0.15) is 17.9 Å². The summed E-state index contributed by atoms with van der Waals surface area (Å²) in [6.45, 7) is 17.5. The van der Waals surface area contributed by atoms with Crippen LogP contribution in [0, 0.1) is 290 Å². The molecule has 1 saturated carbocycles. The highest BCUT2D eigenvalue weighted by atomic mass is 17.9. The summed E-state index contributed by atoms with van der Waals surface area (Å²) in [6, 6.07) is -1.18. The lowest BCUT2D eigenvalue weighted by Crippen LogP contribution is -2.67. The molecule has 4 rings (SSSR count). The number of piperidine rings is 1. The van der Waals surface area contributed by atoms with Crippen LogP contribution in [0.2, 0.25) is 0 Å². The number of aliphatic hydroxyl groups excluding tert-OH is 4. The number of aliphatic hydroxyl groups is 5. The molecular weight excluding hydrogens is 1510 g/mol. The number of hydrogen-bond donors (Lipinski definition) is 8. The van der Waals surface area contributed by atoms with Crippen LogP contribution in [-0.2, 0) is 88.7 Å². The molecule has 117 heavy (non-hydrogen) atoms. The number of amides is 1. The van der Waals surface area contributed by atoms with Crippen molar-refractivity contribution in [3.8, 4) is 249 Å². The lowest BCUT2D eigenvalue weighted by Gasteiger charge is -2.52. The van der Waals surface area contributed by atoms with E-state index in [9.17, 15) is 44.7 Å². The molecule has 2 saturated heterocycles. The predicted molar refractivity (Wildman–Crippen MR) is 481 cm³/mol. The summed E-state index contributed by atoms with van der Waals surface area (Å²) in [5.41, 5.74) is 1.60. The summed E-state index contributed by atoms with van der Waals surface area (Å²) >= 11 is 0. The maximum atomic E-state index is 14.4. The molecule has 28 heteroatoms. The first kappa shape index (κ1) is 102. The third-order valence-corrected chi connectivity index (χ3v) is 16.5. The molecule has 0 radical (unpaired) electrons. The van der Waals surface area contributed by atoms with E-state index < -0.39 is 83.2 Å². The summed E-state index contributed by atoms with van der Waals surface area (Å²) < 4.78 is 18.5. The Morgan fingerprint density at radius 2 is 1.02 bits per heavy atom. The van der Waals surface area contributed by atoms with Crippen molar-refractivity contribution in [2.24, 2.45) is 40.9 Å². The molecule has 0 aromatic carbocycles. The zero-order chi connectivity index (χ0) is 85.3. The molecule has 0 aromatic rings. The van der Waals surface area contributed by atoms with E-state index in [1.807, 2.05) is 26.0 Å². The zero-order valence-electron chi connectivity index (χ0n) is 65.2. The molecule has 0 unspecified atom stereocenters. The van der Waals surface area contributed by atoms with Gasteiger partial charge in [0.2, 0.25) is 5.79 Å². The van der Waals surface area contributed by atoms with Crippen molar-refractivity contribution < 1.29 is 174 Å². The standard InChI is InChI=1S/C45H71NO12.C44H6.H3NO13.H2O.31H2/c1-9-12-31-18-26(2)17-27(3)19-38(56-8)40-33(25-48)23-44(6,7)45(55,58-40)41(52)42(53)46-16-11-10-13-34(46)43(54)57-39(29(5)36(50)22-37(31)51)28(4)20-30-14-15-35(49)32(21-30)24-47;1-3-5-7-9-11-13-15-17-19-21-23-25-27-29-31-33-35-37-39-41-43-44-42-40-38-36-34-32-30-28-26-24-22-20-18-16-14-12-10-8-6-4-2;2-6-10-12-8-4-1-5-9-13-14-11-7-3;;;;;;;;;;;;;;;;;;;;;;;;;;;;;;;;/h9,18,20,27,29-36,38-40,47-50,55H,1,10-17,19,21-25H2,2-8H3;1-2H3;1-3H;1H2;31*1H/b26-18+,28-20+;;;;;;;;;;;;;;;;;;;;;;;;;;;;;;;;;;/t27-,29+,30-,31+,32-,33+,34-,35+,36-,38-,39+,40-,45-;;;;;;;;;;;;;;;;;;;;;;;;;;;;;;;;;;/m0................................../s1. The van der Waals surface area contributed by atoms with Crippen molar-refractivity contribution in [3.05, 3.63) is 36.0 Å². The fourth-order valence-corrected chi connectivity index (χ4v) is 11.3. The Morgan fingerprint density at radius 1 is 0.598 bits per heavy atom. The van der Waals surface area contributed by atoms with E-state index in [4.69, 9.17) is 24.7 Å². The van der Waals surface area contributed by atoms with Crippen LogP contribution in [0.3, 0.4) is 0 Å². The van der Waals surface area contributed by atoms with Crippen LogP contribution in [0.25, 0.3) is 0 Å². The van der Waals surface area contributed by atoms with Gasteiger partial charge in [-0.05, 0) is 255 Å². The molecule has 666 valence electrons. The van der Waals surface area contributed by atoms with Crippen molar-refractivity contribution in [1.82, 2.24) is 10.5 Å². The second-order valence-electron chi connectivity index (χ2n) is 24.9. The van der Waals surface area contributed by atoms with Gasteiger partial charge >= 0.3 is 5.97 Å². The van der Waals surface area contributed by atoms with E-state index in [1.165, 1.54) is 12.8 Å². The van der Waals surface area contributed by atoms with Gasteiger partial charge in [-0.2, -0.15) is 0 Å². The first-order valence-corrected chi connectivity index (χ1v) is 34.9. The zero-order valence-corrected chi connectivity index (χ0v) is 65.2. The Bertz CT molecular complexity index is 4850. The van der Waals surface area contributed by atoms with Crippen LogP contribution in [-0.4, -0.2) is 139 Å². The minimum atomic E-state index is -2.61. The average Bonchev–Trinajstić information content (AvgIpc) is 0.742. The van der Waals surface area contributed by atoms with Gasteiger partial charge in [-0.1, -0.05) is 73.3 Å². The monoisotopic (exact) mass is 1660 g/mol. The molecule has 3 aliphatic heterocycles. The van der Waals surface area contributed by atoms with Crippen LogP contribution in [0.15, 0.2) is 36.0 Å². The molecule has 1 aliphatic carbocycles. The molecule has 0 spiro atoms. The summed E-state index contributed by atoms with van der Waals surface area (Å²) in [5.74, 6) is 97.5. The number of ketones is 2. The van der Waals surface area contributed by atoms with E-state index in [1.54, 1.807) is 47.6 Å². The van der Waals surface area contributed by atoms with Gasteiger partial charge in [0.25, 0.3) is 11.7 Å². The number of hydrogen-bond acceptors (Lipinski definition) is 26. The molecule has 1 amide bonds. The molecule has 0 aromatic heterocycles. The van der Waals surface area contributed by atoms with Gasteiger partial charge in [-0.25, -0.2) is 15.3 Å². The van der Waals surface area contributed by atoms with Crippen LogP contribution in [0.5, 0.6) is 0 Å². The Kier molecular flexibility index (Phi) is 55.8. The summed E-state index contributed by atoms with van der Waals surface area (Å²) in [4.78, 5) is 65.4. The number of ether oxygens (including phenoxy) is 3. The molecule has 2 bridgehead atoms. The van der Waals surface area contributed by atoms with Gasteiger partial charge in [0, 0.05) is 249 Å². The number of esters is 1. The molecule has 28 nitrogen and oxygen atoms in total. The SMILES string of the molecule is C=CC[C@@H]1/C=C(\C)C[C@H](C)C[C@H](OC)[C@H]2O[C@@](O)(C(=O)C(=O)N3CCCC[C@H]3C(=O)O[C@H](/C(C)=C/[C@@H]3CC[C@@H](O)[C@H](CO)C3)[C@H](C)[C@@H](O)CC1=O)C(C)(C)C[C@@H]2CO.CC#CC#CC#CC#CC#CC#CC#CC#CC#CC#CC#CC#CC#CC#CC#CC#CC#CC#CC#CC#CC#CC.O.OOOOOONOOOOOOO.[HH].[HH].[HH].[HH].[HH].[HH].[HH].[HH].[HH].[HH].[HH].[HH].[HH].[HH].[HH].[HH].[HH].[HH].[HH].[HH].[HH].[HH].[HH].[HH].[HH].[HH].[HH].[HH].[HH].[HH].[HH]. The summed E-state index contributed by atoms with van der Waals surface area (Å²) in [7, 11) is 1.50. The van der Waals surface area contributed by atoms with Crippen molar-refractivity contribution in [1.29, 1.82) is 0 Å². The fraction of sp³-hybridized carbons (Fsp3) is 0.416. The molecule has 3 fully saturated rings. The first-order valence-electron chi connectivity index (χ1n) is 34.9. The molecular formula is C89H144N2O26. The number of fused-ring (bicyclic) bond motifs is 3. The van der Waals surface area contributed by atoms with E-state index in [-0.39, 0.29) is 112 Å². The summed E-state index contributed by atoms with van der Waals surface area (Å²) in [6.07, 6.45) is 5.16. The van der Waals surface area contributed by atoms with E-state index in [0.29, 0.717) is 56.9 Å². The topological polar surface area (TPSA) is 386 Å². The second-order valence-corrected chi connectivity index (χ2v) is 24.9. The number of allylic oxidation sites excluding steroid dienone is 4. The lowest BCUT2D eigenvalue weighted by molar-refractivity contribution is -0.808. The maximum Gasteiger partial charge on any atom is 0.329 e. The van der Waals surface area contributed by atoms with Crippen LogP contribution in [0.4, 0.5) is 0 Å². The van der Waals surface area contributed by atoms with Gasteiger partial charge in [0.15, 0.2) is 0 Å². The molecule has 4 aliphatic rings. The lowest BCUT2D eigenvalue weighted by atomic mass is 9.69. The number of cyclic esters (lactones) is 1. The first-order chi connectivity index (χ1) is 56.1. The number of rotatable bonds is 18. The van der Waals surface area contributed by atoms with Crippen molar-refractivity contribution in [2.45, 2.75) is 168 Å². The highest BCUT2D eigenvalue weighted by Crippen LogP contribution is 2.48. The molecule has 13 atom stereocenters. The third-order valence-electron chi connectivity index (χ3n) is 16.5. The largest absolute Gasteiger partial charge is 0.456 e. The maximum absolute atomic E-state index is 14.4. The second kappa shape index (κ2) is 63.7. The Labute approximate surface area is 728 Å². The Morgan fingerprint density at radius 3 is 1.42 bits per heavy atom. The van der Waals surface area contributed by atoms with E-state index >= 15 is 0 Å². The number of nitrogens with zero attached hydrogens (tertiary/aromatic N) is 1. The number of nitrogens with one attached hydrogen (secondary N) is 1.